The molecule has 3 rings (SSSR count). The second kappa shape index (κ2) is 6.89. The van der Waals surface area contributed by atoms with Gasteiger partial charge >= 0.3 is 6.18 Å². The Labute approximate surface area is 159 Å². The first kappa shape index (κ1) is 19.8. The summed E-state index contributed by atoms with van der Waals surface area (Å²) in [4.78, 5) is 21.9. The van der Waals surface area contributed by atoms with Crippen LogP contribution in [0.15, 0.2) is 23.5 Å². The van der Waals surface area contributed by atoms with Gasteiger partial charge in [0.05, 0.1) is 11.1 Å². The van der Waals surface area contributed by atoms with Crippen molar-refractivity contribution in [2.45, 2.75) is 58.7 Å². The molecule has 0 spiro atoms. The first-order valence-electron chi connectivity index (χ1n) is 8.79. The van der Waals surface area contributed by atoms with E-state index >= 15 is 0 Å². The molecule has 0 saturated heterocycles. The first-order chi connectivity index (χ1) is 12.5. The van der Waals surface area contributed by atoms with Crippen molar-refractivity contribution in [2.75, 3.05) is 0 Å². The number of thiazole rings is 1. The number of pyridine rings is 1. The zero-order valence-electron chi connectivity index (χ0n) is 15.7. The second-order valence-electron chi connectivity index (χ2n) is 7.94. The van der Waals surface area contributed by atoms with Gasteiger partial charge in [-0.2, -0.15) is 18.2 Å². The van der Waals surface area contributed by atoms with Crippen LogP contribution in [0.25, 0.3) is 0 Å². The lowest BCUT2D eigenvalue weighted by molar-refractivity contribution is -0.138. The lowest BCUT2D eigenvalue weighted by Gasteiger charge is -2.17. The molecule has 0 aromatic carbocycles. The molecule has 0 aliphatic heterocycles. The average molecular weight is 397 g/mol. The predicted molar refractivity (Wildman–Crippen MR) is 97.6 cm³/mol. The van der Waals surface area contributed by atoms with Crippen molar-refractivity contribution in [3.63, 3.8) is 0 Å². The molecule has 2 aromatic rings. The molecule has 0 unspecified atom stereocenters. The molecule has 1 fully saturated rings. The zero-order valence-corrected chi connectivity index (χ0v) is 16.5. The zero-order chi connectivity index (χ0) is 20.0. The van der Waals surface area contributed by atoms with Crippen molar-refractivity contribution >= 4 is 17.2 Å². The number of amides is 1. The minimum absolute atomic E-state index is 0.137. The Morgan fingerprint density at radius 3 is 2.56 bits per heavy atom. The van der Waals surface area contributed by atoms with E-state index in [1.165, 1.54) is 11.3 Å². The van der Waals surface area contributed by atoms with Crippen LogP contribution in [0.3, 0.4) is 0 Å². The maximum Gasteiger partial charge on any atom is 0.417 e. The van der Waals surface area contributed by atoms with Gasteiger partial charge < -0.3 is 4.57 Å². The van der Waals surface area contributed by atoms with E-state index in [0.29, 0.717) is 10.7 Å². The summed E-state index contributed by atoms with van der Waals surface area (Å²) in [5.74, 6) is -0.369. The van der Waals surface area contributed by atoms with Gasteiger partial charge in [0.2, 0.25) is 0 Å². The van der Waals surface area contributed by atoms with Gasteiger partial charge in [-0.25, -0.2) is 0 Å². The highest BCUT2D eigenvalue weighted by atomic mass is 32.1. The number of hydrogen-bond donors (Lipinski definition) is 0. The molecular weight excluding hydrogens is 375 g/mol. The van der Waals surface area contributed by atoms with Gasteiger partial charge in [0.1, 0.15) is 0 Å². The molecule has 146 valence electrons. The van der Waals surface area contributed by atoms with Gasteiger partial charge in [0.25, 0.3) is 5.91 Å². The van der Waals surface area contributed by atoms with Crippen molar-refractivity contribution in [3.05, 3.63) is 45.0 Å². The van der Waals surface area contributed by atoms with Crippen LogP contribution in [0.2, 0.25) is 0 Å². The van der Waals surface area contributed by atoms with Gasteiger partial charge in [0.15, 0.2) is 4.80 Å². The fourth-order valence-electron chi connectivity index (χ4n) is 3.00. The normalized spacial score (nSPS) is 16.0. The predicted octanol–water partition coefficient (Wildman–Crippen LogP) is 4.72. The third-order valence-electron chi connectivity index (χ3n) is 4.53. The van der Waals surface area contributed by atoms with Crippen LogP contribution in [0, 0.1) is 12.8 Å². The third-order valence-corrected chi connectivity index (χ3v) is 6.14. The Kier molecular flexibility index (Phi) is 5.05. The molecular formula is C19H22F3N3OS. The summed E-state index contributed by atoms with van der Waals surface area (Å²) in [7, 11) is 0. The number of halogens is 3. The number of nitrogens with zero attached hydrogens (tertiary/aromatic N) is 3. The molecule has 4 nitrogen and oxygen atoms in total. The summed E-state index contributed by atoms with van der Waals surface area (Å²) in [5, 5.41) is 0. The van der Waals surface area contributed by atoms with Gasteiger partial charge in [0, 0.05) is 29.5 Å². The van der Waals surface area contributed by atoms with E-state index in [1.807, 2.05) is 11.5 Å². The monoisotopic (exact) mass is 397 g/mol. The number of rotatable bonds is 3. The smallest absolute Gasteiger partial charge is 0.320 e. The van der Waals surface area contributed by atoms with E-state index < -0.39 is 23.2 Å². The molecule has 2 aromatic heterocycles. The maximum absolute atomic E-state index is 13.2. The van der Waals surface area contributed by atoms with Crippen LogP contribution in [0.1, 0.15) is 60.1 Å². The largest absolute Gasteiger partial charge is 0.417 e. The topological polar surface area (TPSA) is 47.2 Å². The van der Waals surface area contributed by atoms with E-state index in [-0.39, 0.29) is 5.41 Å². The molecule has 0 bridgehead atoms. The molecule has 1 amide bonds. The molecule has 1 aliphatic rings. The summed E-state index contributed by atoms with van der Waals surface area (Å²) < 4.78 is 41.6. The molecule has 0 N–H and O–H groups in total. The summed E-state index contributed by atoms with van der Waals surface area (Å²) >= 11 is 1.37. The van der Waals surface area contributed by atoms with Crippen molar-refractivity contribution < 1.29 is 18.0 Å². The highest BCUT2D eigenvalue weighted by Gasteiger charge is 2.35. The molecule has 2 heterocycles. The Morgan fingerprint density at radius 1 is 1.33 bits per heavy atom. The van der Waals surface area contributed by atoms with E-state index in [2.05, 4.69) is 30.7 Å². The molecule has 1 aliphatic carbocycles. The second-order valence-corrected chi connectivity index (χ2v) is 8.92. The summed E-state index contributed by atoms with van der Waals surface area (Å²) in [6, 6.07) is 0.807. The molecule has 27 heavy (non-hydrogen) atoms. The van der Waals surface area contributed by atoms with E-state index in [0.717, 1.165) is 48.4 Å². The number of carbonyl (C=O) groups is 1. The SMILES string of the molecule is Cc1c(C(C)(C)C)sc(=NC(=O)c2cnccc2C(F)(F)F)n1CC1CC1. The van der Waals surface area contributed by atoms with E-state index in [9.17, 15) is 18.0 Å². The lowest BCUT2D eigenvalue weighted by atomic mass is 9.93. The quantitative estimate of drug-likeness (QED) is 0.752. The number of aromatic nitrogens is 2. The Balaban J connectivity index is 2.11. The summed E-state index contributed by atoms with van der Waals surface area (Å²) in [6.07, 6.45) is -0.414. The van der Waals surface area contributed by atoms with Crippen LogP contribution in [-0.4, -0.2) is 15.5 Å². The molecule has 0 radical (unpaired) electrons. The number of alkyl halides is 3. The Hall–Kier alpha value is -1.96. The Bertz CT molecular complexity index is 931. The average Bonchev–Trinajstić information content (AvgIpc) is 3.32. The van der Waals surface area contributed by atoms with Crippen LogP contribution in [0.4, 0.5) is 13.2 Å². The van der Waals surface area contributed by atoms with Crippen molar-refractivity contribution in [1.29, 1.82) is 0 Å². The fourth-order valence-corrected chi connectivity index (χ4v) is 4.19. The maximum atomic E-state index is 13.2. The number of carbonyl (C=O) groups excluding carboxylic acids is 1. The van der Waals surface area contributed by atoms with Crippen LogP contribution < -0.4 is 4.80 Å². The fraction of sp³-hybridized carbons (Fsp3) is 0.526. The van der Waals surface area contributed by atoms with Crippen molar-refractivity contribution in [1.82, 2.24) is 9.55 Å². The third kappa shape index (κ3) is 4.31. The van der Waals surface area contributed by atoms with Gasteiger partial charge in [-0.05, 0) is 37.2 Å². The van der Waals surface area contributed by atoms with Gasteiger partial charge in [-0.15, -0.1) is 11.3 Å². The van der Waals surface area contributed by atoms with E-state index in [1.54, 1.807) is 0 Å². The van der Waals surface area contributed by atoms with Gasteiger partial charge in [-0.3, -0.25) is 9.78 Å². The van der Waals surface area contributed by atoms with E-state index in [4.69, 9.17) is 0 Å². The van der Waals surface area contributed by atoms with Crippen LogP contribution in [0.5, 0.6) is 0 Å². The first-order valence-corrected chi connectivity index (χ1v) is 9.61. The summed E-state index contributed by atoms with van der Waals surface area (Å²) in [5.41, 5.74) is -0.647. The molecule has 8 heteroatoms. The van der Waals surface area contributed by atoms with Crippen molar-refractivity contribution in [2.24, 2.45) is 10.9 Å². The molecule has 0 atom stereocenters. The number of hydrogen-bond acceptors (Lipinski definition) is 3. The Morgan fingerprint density at radius 2 is 2.00 bits per heavy atom. The van der Waals surface area contributed by atoms with Crippen molar-refractivity contribution in [3.8, 4) is 0 Å². The highest BCUT2D eigenvalue weighted by molar-refractivity contribution is 7.09. The highest BCUT2D eigenvalue weighted by Crippen LogP contribution is 2.34. The lowest BCUT2D eigenvalue weighted by Crippen LogP contribution is -2.21. The van der Waals surface area contributed by atoms with Crippen LogP contribution in [-0.2, 0) is 18.1 Å². The summed E-state index contributed by atoms with van der Waals surface area (Å²) in [6.45, 7) is 8.93. The minimum Gasteiger partial charge on any atom is -0.320 e. The molecule has 1 saturated carbocycles. The standard InChI is InChI=1S/C19H22F3N3OS/c1-11-15(18(2,3)4)27-17(25(11)10-12-5-6-12)24-16(26)13-9-23-8-7-14(13)19(20,21)22/h7-9,12H,5-6,10H2,1-4H3. The minimum atomic E-state index is -4.63. The van der Waals surface area contributed by atoms with Gasteiger partial charge in [-0.1, -0.05) is 20.8 Å². The van der Waals surface area contributed by atoms with Crippen LogP contribution >= 0.6 is 11.3 Å².